The maximum absolute atomic E-state index is 12.6. The summed E-state index contributed by atoms with van der Waals surface area (Å²) in [6.45, 7) is 0. The third-order valence-electron chi connectivity index (χ3n) is 3.16. The van der Waals surface area contributed by atoms with E-state index in [9.17, 15) is 8.42 Å². The minimum Gasteiger partial charge on any atom is -0.453 e. The van der Waals surface area contributed by atoms with Gasteiger partial charge in [0.1, 0.15) is 5.75 Å². The Morgan fingerprint density at radius 2 is 1.76 bits per heavy atom. The third kappa shape index (κ3) is 4.62. The Kier molecular flexibility index (Phi) is 5.45. The summed E-state index contributed by atoms with van der Waals surface area (Å²) in [5.74, 6) is 0.758. The van der Waals surface area contributed by atoms with Crippen molar-refractivity contribution in [1.82, 2.24) is 4.98 Å². The van der Waals surface area contributed by atoms with Gasteiger partial charge in [0, 0.05) is 15.8 Å². The second-order valence-corrected chi connectivity index (χ2v) is 8.36. The first-order valence-corrected chi connectivity index (χ1v) is 10.0. The van der Waals surface area contributed by atoms with E-state index in [1.165, 1.54) is 12.4 Å². The molecule has 0 aliphatic heterocycles. The lowest BCUT2D eigenvalue weighted by Gasteiger charge is -2.13. The van der Waals surface area contributed by atoms with Gasteiger partial charge in [-0.15, -0.1) is 0 Å². The summed E-state index contributed by atoms with van der Waals surface area (Å²) in [6, 6.07) is 14.9. The van der Waals surface area contributed by atoms with E-state index in [-0.39, 0.29) is 4.90 Å². The van der Waals surface area contributed by atoms with Gasteiger partial charge in [-0.05, 0) is 59.0 Å². The fraction of sp³-hybridized carbons (Fsp3) is 0. The van der Waals surface area contributed by atoms with Crippen LogP contribution in [0.3, 0.4) is 0 Å². The van der Waals surface area contributed by atoms with Crippen LogP contribution in [-0.4, -0.2) is 13.4 Å². The minimum atomic E-state index is -3.73. The van der Waals surface area contributed by atoms with Crippen LogP contribution < -0.4 is 9.46 Å². The number of hydrogen-bond donors (Lipinski definition) is 1. The molecule has 1 N–H and O–H groups in total. The Morgan fingerprint density at radius 1 is 1.04 bits per heavy atom. The summed E-state index contributed by atoms with van der Waals surface area (Å²) in [5.41, 5.74) is 0.320. The summed E-state index contributed by atoms with van der Waals surface area (Å²) >= 11 is 8.01. The molecule has 0 bridgehead atoms. The molecule has 0 aliphatic rings. The van der Waals surface area contributed by atoms with Crippen LogP contribution in [0.2, 0.25) is 5.02 Å². The Balaban J connectivity index is 1.89. The number of hydrogen-bond acceptors (Lipinski definition) is 4. The average molecular weight is 487 g/mol. The van der Waals surface area contributed by atoms with Crippen LogP contribution in [-0.2, 0) is 10.0 Å². The van der Waals surface area contributed by atoms with Gasteiger partial charge in [0.25, 0.3) is 10.0 Å². The summed E-state index contributed by atoms with van der Waals surface area (Å²) in [6.07, 6.45) is 2.98. The molecule has 0 saturated heterocycles. The molecule has 2 aromatic carbocycles. The van der Waals surface area contributed by atoms with Gasteiger partial charge < -0.3 is 4.74 Å². The van der Waals surface area contributed by atoms with Gasteiger partial charge in [0.15, 0.2) is 5.75 Å². The molecule has 25 heavy (non-hydrogen) atoms. The predicted molar refractivity (Wildman–Crippen MR) is 106 cm³/mol. The van der Waals surface area contributed by atoms with Gasteiger partial charge in [0.05, 0.1) is 21.8 Å². The van der Waals surface area contributed by atoms with Crippen LogP contribution in [0.1, 0.15) is 0 Å². The molecule has 1 aromatic heterocycles. The van der Waals surface area contributed by atoms with Crippen LogP contribution in [0.5, 0.6) is 11.5 Å². The zero-order valence-electron chi connectivity index (χ0n) is 12.7. The van der Waals surface area contributed by atoms with Crippen LogP contribution >= 0.6 is 34.2 Å². The molecule has 0 saturated carbocycles. The lowest BCUT2D eigenvalue weighted by atomic mass is 10.3. The number of anilines is 1. The first-order valence-electron chi connectivity index (χ1n) is 7.10. The van der Waals surface area contributed by atoms with E-state index in [4.69, 9.17) is 16.3 Å². The second kappa shape index (κ2) is 7.59. The second-order valence-electron chi connectivity index (χ2n) is 5.00. The lowest BCUT2D eigenvalue weighted by molar-refractivity contribution is 0.482. The van der Waals surface area contributed by atoms with E-state index < -0.39 is 10.0 Å². The molecule has 0 unspecified atom stereocenters. The number of nitrogens with zero attached hydrogens (tertiary/aromatic N) is 1. The van der Waals surface area contributed by atoms with E-state index in [0.717, 1.165) is 3.57 Å². The predicted octanol–water partition coefficient (Wildman–Crippen LogP) is 4.93. The molecule has 0 radical (unpaired) electrons. The fourth-order valence-corrected chi connectivity index (χ4v) is 3.63. The fourth-order valence-electron chi connectivity index (χ4n) is 2.03. The van der Waals surface area contributed by atoms with Crippen molar-refractivity contribution >= 4 is 49.9 Å². The quantitative estimate of drug-likeness (QED) is 0.519. The molecule has 3 rings (SSSR count). The Hall–Kier alpha value is -1.84. The first kappa shape index (κ1) is 18.0. The highest BCUT2D eigenvalue weighted by Crippen LogP contribution is 2.31. The zero-order valence-corrected chi connectivity index (χ0v) is 16.4. The first-order chi connectivity index (χ1) is 11.9. The molecule has 0 atom stereocenters. The van der Waals surface area contributed by atoms with Crippen LogP contribution in [0, 0.1) is 3.57 Å². The van der Waals surface area contributed by atoms with Crippen LogP contribution in [0.15, 0.2) is 71.9 Å². The smallest absolute Gasteiger partial charge is 0.262 e. The van der Waals surface area contributed by atoms with Crippen molar-refractivity contribution in [3.05, 3.63) is 75.6 Å². The number of sulfonamides is 1. The molecular formula is C17H12ClIN2O3S. The number of pyridine rings is 1. The molecule has 0 spiro atoms. The molecule has 3 aromatic rings. The Morgan fingerprint density at radius 3 is 2.48 bits per heavy atom. The normalized spacial score (nSPS) is 11.1. The van der Waals surface area contributed by atoms with Crippen molar-refractivity contribution in [1.29, 1.82) is 0 Å². The molecule has 128 valence electrons. The third-order valence-corrected chi connectivity index (χ3v) is 5.47. The number of para-hydroxylation sites is 2. The molecule has 8 heteroatoms. The number of aromatic nitrogens is 1. The number of halogens is 2. The number of rotatable bonds is 5. The summed E-state index contributed by atoms with van der Waals surface area (Å²) in [7, 11) is -3.73. The minimum absolute atomic E-state index is 0.173. The largest absolute Gasteiger partial charge is 0.453 e. The van der Waals surface area contributed by atoms with Gasteiger partial charge in [-0.2, -0.15) is 0 Å². The van der Waals surface area contributed by atoms with Crippen molar-refractivity contribution in [3.8, 4) is 11.5 Å². The SMILES string of the molecule is O=S(=O)(Nc1ccccc1Oc1cncc(Cl)c1)c1ccc(I)cc1. The topological polar surface area (TPSA) is 68.3 Å². The standard InChI is InChI=1S/C17H12ClIN2O3S/c18-12-9-14(11-20-10-12)24-17-4-2-1-3-16(17)21-25(22,23)15-7-5-13(19)6-8-15/h1-11,21H. The van der Waals surface area contributed by atoms with Gasteiger partial charge >= 0.3 is 0 Å². The highest BCUT2D eigenvalue weighted by atomic mass is 127. The Bertz CT molecular complexity index is 995. The summed E-state index contributed by atoms with van der Waals surface area (Å²) in [4.78, 5) is 4.12. The Labute approximate surface area is 164 Å². The number of ether oxygens (including phenoxy) is 1. The van der Waals surface area contributed by atoms with Crippen LogP contribution in [0.25, 0.3) is 0 Å². The van der Waals surface area contributed by atoms with E-state index >= 15 is 0 Å². The highest BCUT2D eigenvalue weighted by molar-refractivity contribution is 14.1. The maximum Gasteiger partial charge on any atom is 0.262 e. The van der Waals surface area contributed by atoms with Crippen molar-refractivity contribution in [2.24, 2.45) is 0 Å². The average Bonchev–Trinajstić information content (AvgIpc) is 2.57. The summed E-state index contributed by atoms with van der Waals surface area (Å²) < 4.78 is 34.4. The maximum atomic E-state index is 12.6. The molecule has 0 amide bonds. The van der Waals surface area contributed by atoms with E-state index in [1.807, 2.05) is 0 Å². The van der Waals surface area contributed by atoms with Crippen molar-refractivity contribution in [2.75, 3.05) is 4.72 Å². The van der Waals surface area contributed by atoms with Crippen LogP contribution in [0.4, 0.5) is 5.69 Å². The molecule has 1 heterocycles. The monoisotopic (exact) mass is 486 g/mol. The van der Waals surface area contributed by atoms with E-state index in [0.29, 0.717) is 22.2 Å². The van der Waals surface area contributed by atoms with Crippen molar-refractivity contribution in [3.63, 3.8) is 0 Å². The number of benzene rings is 2. The van der Waals surface area contributed by atoms with E-state index in [1.54, 1.807) is 54.6 Å². The van der Waals surface area contributed by atoms with Gasteiger partial charge in [-0.25, -0.2) is 8.42 Å². The lowest BCUT2D eigenvalue weighted by Crippen LogP contribution is -2.13. The van der Waals surface area contributed by atoms with Gasteiger partial charge in [-0.3, -0.25) is 9.71 Å². The summed E-state index contributed by atoms with van der Waals surface area (Å²) in [5, 5.41) is 0.425. The zero-order chi connectivity index (χ0) is 17.9. The van der Waals surface area contributed by atoms with Gasteiger partial charge in [0.2, 0.25) is 0 Å². The van der Waals surface area contributed by atoms with Crippen molar-refractivity contribution < 1.29 is 13.2 Å². The van der Waals surface area contributed by atoms with Gasteiger partial charge in [-0.1, -0.05) is 23.7 Å². The molecular weight excluding hydrogens is 475 g/mol. The van der Waals surface area contributed by atoms with Crippen molar-refractivity contribution in [2.45, 2.75) is 4.90 Å². The van der Waals surface area contributed by atoms with E-state index in [2.05, 4.69) is 32.3 Å². The molecule has 0 aliphatic carbocycles. The molecule has 0 fully saturated rings. The molecule has 5 nitrogen and oxygen atoms in total. The highest BCUT2D eigenvalue weighted by Gasteiger charge is 2.16. The number of nitrogens with one attached hydrogen (secondary N) is 1.